The van der Waals surface area contributed by atoms with E-state index in [9.17, 15) is 4.79 Å². The van der Waals surface area contributed by atoms with Gasteiger partial charge in [-0.3, -0.25) is 4.79 Å². The van der Waals surface area contributed by atoms with Crippen molar-refractivity contribution in [2.75, 3.05) is 0 Å². The molecular weight excluding hydrogens is 162 g/mol. The number of allylic oxidation sites excluding steroid dienone is 2. The zero-order valence-corrected chi connectivity index (χ0v) is 8.10. The minimum absolute atomic E-state index is 0.0981. The second kappa shape index (κ2) is 4.65. The van der Waals surface area contributed by atoms with Crippen LogP contribution in [0.15, 0.2) is 36.7 Å². The lowest BCUT2D eigenvalue weighted by atomic mass is 10.1. The normalized spacial score (nSPS) is 11.3. The molecule has 0 atom stereocenters. The van der Waals surface area contributed by atoms with Gasteiger partial charge in [-0.2, -0.15) is 0 Å². The lowest BCUT2D eigenvalue weighted by Crippen LogP contribution is -2.02. The second-order valence-electron chi connectivity index (χ2n) is 3.34. The molecule has 70 valence electrons. The smallest absolute Gasteiger partial charge is 0.157 e. The van der Waals surface area contributed by atoms with Crippen LogP contribution in [0.2, 0.25) is 0 Å². The number of hydrogen-bond acceptors (Lipinski definition) is 1. The van der Waals surface area contributed by atoms with Crippen molar-refractivity contribution in [3.63, 3.8) is 0 Å². The standard InChI is InChI=1S/C11H15NO/c1-10(2)11(13)6-5-9-12-7-3-4-8-12/h3-8,10H,9H2,1-2H3/b6-5+. The molecule has 1 aromatic heterocycles. The van der Waals surface area contributed by atoms with Crippen molar-refractivity contribution in [2.24, 2.45) is 5.92 Å². The summed E-state index contributed by atoms with van der Waals surface area (Å²) in [7, 11) is 0. The first-order valence-electron chi connectivity index (χ1n) is 4.51. The Labute approximate surface area is 78.9 Å². The molecule has 1 heterocycles. The largest absolute Gasteiger partial charge is 0.350 e. The summed E-state index contributed by atoms with van der Waals surface area (Å²) >= 11 is 0. The lowest BCUT2D eigenvalue weighted by molar-refractivity contribution is -0.117. The minimum atomic E-state index is 0.0981. The van der Waals surface area contributed by atoms with Crippen LogP contribution >= 0.6 is 0 Å². The van der Waals surface area contributed by atoms with Crippen molar-refractivity contribution >= 4 is 5.78 Å². The maximum atomic E-state index is 11.2. The van der Waals surface area contributed by atoms with Crippen molar-refractivity contribution < 1.29 is 4.79 Å². The number of ketones is 1. The van der Waals surface area contributed by atoms with E-state index in [2.05, 4.69) is 0 Å². The van der Waals surface area contributed by atoms with Gasteiger partial charge in [0.05, 0.1) is 0 Å². The highest BCUT2D eigenvalue weighted by Crippen LogP contribution is 1.96. The number of nitrogens with zero attached hydrogens (tertiary/aromatic N) is 1. The van der Waals surface area contributed by atoms with Gasteiger partial charge in [-0.1, -0.05) is 19.9 Å². The van der Waals surface area contributed by atoms with Crippen LogP contribution in [0.25, 0.3) is 0 Å². The van der Waals surface area contributed by atoms with Crippen molar-refractivity contribution in [1.29, 1.82) is 0 Å². The van der Waals surface area contributed by atoms with Gasteiger partial charge in [0.25, 0.3) is 0 Å². The van der Waals surface area contributed by atoms with E-state index in [0.29, 0.717) is 0 Å². The molecule has 0 bridgehead atoms. The van der Waals surface area contributed by atoms with Crippen molar-refractivity contribution in [2.45, 2.75) is 20.4 Å². The highest BCUT2D eigenvalue weighted by atomic mass is 16.1. The first kappa shape index (κ1) is 9.78. The second-order valence-corrected chi connectivity index (χ2v) is 3.34. The molecule has 0 aliphatic rings. The van der Waals surface area contributed by atoms with Gasteiger partial charge in [0, 0.05) is 24.9 Å². The molecule has 0 amide bonds. The van der Waals surface area contributed by atoms with Crippen molar-refractivity contribution in [3.05, 3.63) is 36.7 Å². The highest BCUT2D eigenvalue weighted by molar-refractivity contribution is 5.91. The van der Waals surface area contributed by atoms with E-state index in [4.69, 9.17) is 0 Å². The molecule has 0 unspecified atom stereocenters. The SMILES string of the molecule is CC(C)C(=O)/C=C/Cn1cccc1. The summed E-state index contributed by atoms with van der Waals surface area (Å²) in [6.07, 6.45) is 7.50. The fourth-order valence-electron chi connectivity index (χ4n) is 0.975. The molecule has 2 nitrogen and oxygen atoms in total. The molecule has 0 aromatic carbocycles. The maximum absolute atomic E-state index is 11.2. The fourth-order valence-corrected chi connectivity index (χ4v) is 0.975. The first-order valence-corrected chi connectivity index (χ1v) is 4.51. The molecule has 1 rings (SSSR count). The van der Waals surface area contributed by atoms with Gasteiger partial charge in [-0.25, -0.2) is 0 Å². The van der Waals surface area contributed by atoms with Gasteiger partial charge in [0.2, 0.25) is 0 Å². The van der Waals surface area contributed by atoms with Gasteiger partial charge in [0.1, 0.15) is 0 Å². The number of aromatic nitrogens is 1. The van der Waals surface area contributed by atoms with Crippen LogP contribution in [0, 0.1) is 5.92 Å². The maximum Gasteiger partial charge on any atom is 0.157 e. The summed E-state index contributed by atoms with van der Waals surface area (Å²) in [5, 5.41) is 0. The highest BCUT2D eigenvalue weighted by Gasteiger charge is 2.00. The molecule has 0 saturated carbocycles. The quantitative estimate of drug-likeness (QED) is 0.647. The average molecular weight is 177 g/mol. The molecule has 1 aromatic rings. The molecule has 0 radical (unpaired) electrons. The molecule has 0 aliphatic heterocycles. The van der Waals surface area contributed by atoms with Gasteiger partial charge in [-0.05, 0) is 18.2 Å². The molecule has 0 saturated heterocycles. The van der Waals surface area contributed by atoms with E-state index in [1.54, 1.807) is 6.08 Å². The minimum Gasteiger partial charge on any atom is -0.350 e. The summed E-state index contributed by atoms with van der Waals surface area (Å²) in [4.78, 5) is 11.2. The fraction of sp³-hybridized carbons (Fsp3) is 0.364. The molecular formula is C11H15NO. The van der Waals surface area contributed by atoms with Gasteiger partial charge in [0.15, 0.2) is 5.78 Å². The average Bonchev–Trinajstić information content (AvgIpc) is 2.56. The molecule has 13 heavy (non-hydrogen) atoms. The summed E-state index contributed by atoms with van der Waals surface area (Å²) in [6, 6.07) is 3.94. The molecule has 2 heteroatoms. The predicted molar refractivity (Wildman–Crippen MR) is 53.4 cm³/mol. The van der Waals surface area contributed by atoms with Crippen LogP contribution < -0.4 is 0 Å². The first-order chi connectivity index (χ1) is 6.20. The van der Waals surface area contributed by atoms with E-state index in [-0.39, 0.29) is 11.7 Å². The number of carbonyl (C=O) groups excluding carboxylic acids is 1. The zero-order valence-electron chi connectivity index (χ0n) is 8.10. The Balaban J connectivity index is 2.38. The van der Waals surface area contributed by atoms with Gasteiger partial charge < -0.3 is 4.57 Å². The van der Waals surface area contributed by atoms with Crippen LogP contribution in [0.1, 0.15) is 13.8 Å². The molecule has 0 fully saturated rings. The Kier molecular flexibility index (Phi) is 3.50. The Morgan fingerprint density at radius 3 is 2.54 bits per heavy atom. The summed E-state index contributed by atoms with van der Waals surface area (Å²) in [5.41, 5.74) is 0. The monoisotopic (exact) mass is 177 g/mol. The zero-order chi connectivity index (χ0) is 9.68. The topological polar surface area (TPSA) is 22.0 Å². The summed E-state index contributed by atoms with van der Waals surface area (Å²) in [5.74, 6) is 0.285. The summed E-state index contributed by atoms with van der Waals surface area (Å²) in [6.45, 7) is 4.58. The van der Waals surface area contributed by atoms with Crippen LogP contribution in [-0.4, -0.2) is 10.4 Å². The van der Waals surface area contributed by atoms with E-state index in [1.165, 1.54) is 0 Å². The van der Waals surface area contributed by atoms with Crippen LogP contribution in [0.4, 0.5) is 0 Å². The Bertz CT molecular complexity index is 283. The van der Waals surface area contributed by atoms with Crippen LogP contribution in [0.5, 0.6) is 0 Å². The third-order valence-corrected chi connectivity index (χ3v) is 1.83. The Hall–Kier alpha value is -1.31. The van der Waals surface area contributed by atoms with E-state index in [1.807, 2.05) is 49.0 Å². The molecule has 0 aliphatic carbocycles. The third kappa shape index (κ3) is 3.28. The number of rotatable bonds is 4. The van der Waals surface area contributed by atoms with E-state index >= 15 is 0 Å². The van der Waals surface area contributed by atoms with Crippen molar-refractivity contribution in [1.82, 2.24) is 4.57 Å². The van der Waals surface area contributed by atoms with Gasteiger partial charge >= 0.3 is 0 Å². The van der Waals surface area contributed by atoms with E-state index < -0.39 is 0 Å². The predicted octanol–water partition coefficient (Wildman–Crippen LogP) is 2.27. The third-order valence-electron chi connectivity index (χ3n) is 1.83. The van der Waals surface area contributed by atoms with Crippen LogP contribution in [-0.2, 0) is 11.3 Å². The number of carbonyl (C=O) groups is 1. The lowest BCUT2D eigenvalue weighted by Gasteiger charge is -1.97. The molecule has 0 N–H and O–H groups in total. The molecule has 0 spiro atoms. The Morgan fingerprint density at radius 1 is 1.38 bits per heavy atom. The number of hydrogen-bond donors (Lipinski definition) is 0. The Morgan fingerprint density at radius 2 is 2.00 bits per heavy atom. The van der Waals surface area contributed by atoms with Gasteiger partial charge in [-0.15, -0.1) is 0 Å². The van der Waals surface area contributed by atoms with Crippen LogP contribution in [0.3, 0.4) is 0 Å². The van der Waals surface area contributed by atoms with E-state index in [0.717, 1.165) is 6.54 Å². The van der Waals surface area contributed by atoms with Crippen molar-refractivity contribution in [3.8, 4) is 0 Å². The summed E-state index contributed by atoms with van der Waals surface area (Å²) < 4.78 is 2.02.